The van der Waals surface area contributed by atoms with Gasteiger partial charge in [-0.1, -0.05) is 19.3 Å². The molecule has 2 rings (SSSR count). The van der Waals surface area contributed by atoms with Crippen LogP contribution in [0.15, 0.2) is 0 Å². The van der Waals surface area contributed by atoms with E-state index < -0.39 is 0 Å². The Balaban J connectivity index is 1.50. The lowest BCUT2D eigenvalue weighted by Crippen LogP contribution is -2.36. The third-order valence-electron chi connectivity index (χ3n) is 5.41. The Morgan fingerprint density at radius 2 is 1.90 bits per heavy atom. The van der Waals surface area contributed by atoms with Crippen molar-refractivity contribution < 1.29 is 5.11 Å². The molecule has 3 nitrogen and oxygen atoms in total. The van der Waals surface area contributed by atoms with Crippen LogP contribution >= 0.6 is 0 Å². The maximum Gasteiger partial charge on any atom is 0.0586 e. The Morgan fingerprint density at radius 3 is 2.65 bits per heavy atom. The highest BCUT2D eigenvalue weighted by Crippen LogP contribution is 2.26. The molecule has 0 aromatic carbocycles. The average molecular weight is 282 g/mol. The molecule has 2 N–H and O–H groups in total. The largest absolute Gasteiger partial charge is 0.395 e. The van der Waals surface area contributed by atoms with Crippen LogP contribution in [-0.2, 0) is 0 Å². The number of likely N-dealkylation sites (tertiary alicyclic amines) is 1. The second-order valence-electron chi connectivity index (χ2n) is 6.86. The summed E-state index contributed by atoms with van der Waals surface area (Å²) in [5, 5.41) is 13.0. The molecule has 1 heterocycles. The normalized spacial score (nSPS) is 27.0. The molecule has 2 unspecified atom stereocenters. The van der Waals surface area contributed by atoms with Crippen molar-refractivity contribution in [2.75, 3.05) is 26.2 Å². The summed E-state index contributed by atoms with van der Waals surface area (Å²) >= 11 is 0. The molecule has 1 aliphatic heterocycles. The Morgan fingerprint density at radius 1 is 1.10 bits per heavy atom. The highest BCUT2D eigenvalue weighted by Gasteiger charge is 2.23. The van der Waals surface area contributed by atoms with Gasteiger partial charge in [0.05, 0.1) is 6.61 Å². The summed E-state index contributed by atoms with van der Waals surface area (Å²) in [6.07, 6.45) is 12.2. The maximum atomic E-state index is 9.30. The van der Waals surface area contributed by atoms with Crippen LogP contribution in [0.4, 0.5) is 0 Å². The minimum atomic E-state index is 0.344. The fraction of sp³-hybridized carbons (Fsp3) is 1.00. The van der Waals surface area contributed by atoms with Crippen LogP contribution in [0.25, 0.3) is 0 Å². The molecular formula is C17H34N2O. The van der Waals surface area contributed by atoms with E-state index in [0.29, 0.717) is 18.7 Å². The molecule has 2 fully saturated rings. The number of unbranched alkanes of at least 4 members (excludes halogenated alkanes) is 1. The van der Waals surface area contributed by atoms with Crippen molar-refractivity contribution in [3.8, 4) is 0 Å². The molecule has 0 spiro atoms. The summed E-state index contributed by atoms with van der Waals surface area (Å²) in [6.45, 7) is 6.24. The molecule has 0 aromatic rings. The SMILES string of the molecule is CC(NCCCCN1CCCC1CO)C1CCCCC1. The molecule has 1 aliphatic carbocycles. The molecule has 0 radical (unpaired) electrons. The standard InChI is InChI=1S/C17H34N2O/c1-15(16-8-3-2-4-9-16)18-11-5-6-12-19-13-7-10-17(19)14-20/h15-18,20H,2-14H2,1H3. The van der Waals surface area contributed by atoms with Crippen molar-refractivity contribution in [2.45, 2.75) is 76.8 Å². The molecule has 2 atom stereocenters. The zero-order valence-electron chi connectivity index (χ0n) is 13.3. The number of hydrogen-bond donors (Lipinski definition) is 2. The van der Waals surface area contributed by atoms with E-state index in [9.17, 15) is 5.11 Å². The zero-order chi connectivity index (χ0) is 14.2. The molecule has 118 valence electrons. The molecule has 20 heavy (non-hydrogen) atoms. The van der Waals surface area contributed by atoms with Crippen LogP contribution in [0.5, 0.6) is 0 Å². The number of nitrogens with zero attached hydrogens (tertiary/aromatic N) is 1. The molecule has 0 aromatic heterocycles. The molecule has 0 bridgehead atoms. The van der Waals surface area contributed by atoms with Crippen LogP contribution in [-0.4, -0.2) is 48.3 Å². The van der Waals surface area contributed by atoms with E-state index in [2.05, 4.69) is 17.1 Å². The van der Waals surface area contributed by atoms with Crippen molar-refractivity contribution in [3.63, 3.8) is 0 Å². The van der Waals surface area contributed by atoms with E-state index in [4.69, 9.17) is 0 Å². The van der Waals surface area contributed by atoms with Crippen LogP contribution in [0.3, 0.4) is 0 Å². The van der Waals surface area contributed by atoms with E-state index in [0.717, 1.165) is 12.5 Å². The number of hydrogen-bond acceptors (Lipinski definition) is 3. The highest BCUT2D eigenvalue weighted by atomic mass is 16.3. The van der Waals surface area contributed by atoms with Gasteiger partial charge in [-0.15, -0.1) is 0 Å². The van der Waals surface area contributed by atoms with Crippen molar-refractivity contribution >= 4 is 0 Å². The second-order valence-corrected chi connectivity index (χ2v) is 6.86. The first kappa shape index (κ1) is 16.3. The van der Waals surface area contributed by atoms with E-state index in [1.807, 2.05) is 0 Å². The molecule has 1 saturated carbocycles. The minimum Gasteiger partial charge on any atom is -0.395 e. The molecule has 1 saturated heterocycles. The van der Waals surface area contributed by atoms with E-state index in [-0.39, 0.29) is 0 Å². The Hall–Kier alpha value is -0.120. The van der Waals surface area contributed by atoms with Crippen molar-refractivity contribution in [1.29, 1.82) is 0 Å². The molecule has 3 heteroatoms. The van der Waals surface area contributed by atoms with Crippen LogP contribution in [0.2, 0.25) is 0 Å². The summed E-state index contributed by atoms with van der Waals surface area (Å²) in [5.41, 5.74) is 0. The lowest BCUT2D eigenvalue weighted by Gasteiger charge is -2.28. The Kier molecular flexibility index (Phi) is 7.32. The Labute approximate surface area is 125 Å². The third kappa shape index (κ3) is 5.01. The number of rotatable bonds is 8. The monoisotopic (exact) mass is 282 g/mol. The quantitative estimate of drug-likeness (QED) is 0.672. The lowest BCUT2D eigenvalue weighted by molar-refractivity contribution is 0.157. The summed E-state index contributed by atoms with van der Waals surface area (Å²) < 4.78 is 0. The van der Waals surface area contributed by atoms with Gasteiger partial charge in [0.1, 0.15) is 0 Å². The lowest BCUT2D eigenvalue weighted by atomic mass is 9.84. The van der Waals surface area contributed by atoms with Crippen molar-refractivity contribution in [1.82, 2.24) is 10.2 Å². The van der Waals surface area contributed by atoms with Crippen LogP contribution < -0.4 is 5.32 Å². The first-order chi connectivity index (χ1) is 9.81. The Bertz CT molecular complexity index is 253. The van der Waals surface area contributed by atoms with Gasteiger partial charge in [-0.05, 0) is 71.0 Å². The fourth-order valence-electron chi connectivity index (χ4n) is 3.97. The average Bonchev–Trinajstić information content (AvgIpc) is 2.95. The van der Waals surface area contributed by atoms with Crippen molar-refractivity contribution in [3.05, 3.63) is 0 Å². The third-order valence-corrected chi connectivity index (χ3v) is 5.41. The van der Waals surface area contributed by atoms with Gasteiger partial charge in [0, 0.05) is 12.1 Å². The fourth-order valence-corrected chi connectivity index (χ4v) is 3.97. The van der Waals surface area contributed by atoms with E-state index in [1.54, 1.807) is 0 Å². The number of nitrogens with one attached hydrogen (secondary N) is 1. The topological polar surface area (TPSA) is 35.5 Å². The number of aliphatic hydroxyl groups is 1. The van der Waals surface area contributed by atoms with Crippen LogP contribution in [0.1, 0.15) is 64.7 Å². The van der Waals surface area contributed by atoms with Gasteiger partial charge in [-0.3, -0.25) is 4.90 Å². The van der Waals surface area contributed by atoms with E-state index >= 15 is 0 Å². The van der Waals surface area contributed by atoms with Gasteiger partial charge < -0.3 is 10.4 Å². The summed E-state index contributed by atoms with van der Waals surface area (Å²) in [5.74, 6) is 0.918. The van der Waals surface area contributed by atoms with Gasteiger partial charge in [-0.2, -0.15) is 0 Å². The summed E-state index contributed by atoms with van der Waals surface area (Å²) in [7, 11) is 0. The van der Waals surface area contributed by atoms with Gasteiger partial charge in [0.25, 0.3) is 0 Å². The molecular weight excluding hydrogens is 248 g/mol. The van der Waals surface area contributed by atoms with Gasteiger partial charge >= 0.3 is 0 Å². The maximum absolute atomic E-state index is 9.30. The molecule has 2 aliphatic rings. The van der Waals surface area contributed by atoms with Crippen LogP contribution in [0, 0.1) is 5.92 Å². The van der Waals surface area contributed by atoms with Crippen molar-refractivity contribution in [2.24, 2.45) is 5.92 Å². The smallest absolute Gasteiger partial charge is 0.0586 e. The first-order valence-electron chi connectivity index (χ1n) is 8.89. The predicted octanol–water partition coefficient (Wildman–Crippen LogP) is 2.78. The van der Waals surface area contributed by atoms with E-state index in [1.165, 1.54) is 70.9 Å². The molecule has 0 amide bonds. The van der Waals surface area contributed by atoms with Gasteiger partial charge in [-0.25, -0.2) is 0 Å². The van der Waals surface area contributed by atoms with Gasteiger partial charge in [0.2, 0.25) is 0 Å². The first-order valence-corrected chi connectivity index (χ1v) is 8.89. The highest BCUT2D eigenvalue weighted by molar-refractivity contribution is 4.79. The van der Waals surface area contributed by atoms with Gasteiger partial charge in [0.15, 0.2) is 0 Å². The summed E-state index contributed by atoms with van der Waals surface area (Å²) in [6, 6.07) is 1.15. The second kappa shape index (κ2) is 9.01. The predicted molar refractivity (Wildman–Crippen MR) is 85.0 cm³/mol. The minimum absolute atomic E-state index is 0.344. The summed E-state index contributed by atoms with van der Waals surface area (Å²) in [4.78, 5) is 2.48. The number of aliphatic hydroxyl groups excluding tert-OH is 1. The zero-order valence-corrected chi connectivity index (χ0v) is 13.3.